The predicted molar refractivity (Wildman–Crippen MR) is 131 cm³/mol. The lowest BCUT2D eigenvalue weighted by Crippen LogP contribution is -2.21. The molecule has 1 aliphatic rings. The molecule has 0 saturated heterocycles. The third-order valence-corrected chi connectivity index (χ3v) is 6.62. The summed E-state index contributed by atoms with van der Waals surface area (Å²) in [6.07, 6.45) is 0.305. The number of nitrogens with zero attached hydrogens (tertiary/aromatic N) is 2. The molecule has 3 rings (SSSR count). The highest BCUT2D eigenvalue weighted by atomic mass is 32.2. The number of aliphatic hydroxyl groups is 1. The molecule has 1 aromatic heterocycles. The second-order valence-corrected chi connectivity index (χ2v) is 9.17. The van der Waals surface area contributed by atoms with Crippen LogP contribution < -0.4 is 0 Å². The number of hydrogen-bond acceptors (Lipinski definition) is 5. The number of hydrogen-bond donors (Lipinski definition) is 1. The number of allylic oxidation sites excluding steroid dienone is 2. The third-order valence-electron chi connectivity index (χ3n) is 5.68. The fourth-order valence-electron chi connectivity index (χ4n) is 4.15. The fraction of sp³-hybridized carbons (Fsp3) is 0.500. The van der Waals surface area contributed by atoms with E-state index in [4.69, 9.17) is 0 Å². The van der Waals surface area contributed by atoms with Crippen molar-refractivity contribution in [1.29, 1.82) is 0 Å². The number of rotatable bonds is 7. The maximum Gasteiger partial charge on any atom is 0.434 e. The lowest BCUT2D eigenvalue weighted by molar-refractivity contribution is -0.141. The molecule has 0 bridgehead atoms. The number of halogens is 3. The van der Waals surface area contributed by atoms with Gasteiger partial charge in [-0.05, 0) is 54.5 Å². The Labute approximate surface area is 204 Å². The topological polar surface area (TPSA) is 63.1 Å². The number of aromatic nitrogens is 2. The molecule has 4 nitrogen and oxygen atoms in total. The van der Waals surface area contributed by atoms with Gasteiger partial charge in [0.2, 0.25) is 0 Å². The number of carbonyl (C=O) groups excluding carboxylic acids is 1. The van der Waals surface area contributed by atoms with Gasteiger partial charge >= 0.3 is 6.18 Å². The molecule has 8 heteroatoms. The summed E-state index contributed by atoms with van der Waals surface area (Å²) in [6.45, 7) is 10.1. The standard InChI is InChI=1S/C24H27F3N2O2S.C2H6/c1-4-16-8-14(3)9-17(5-2)22(16)23-18(30)10-15(11-19(23)31)6-7-32-21-13-28-20(12-29-21)24(25,26)27;1-2/h8-9,12-13,15,30H,4-7,10-11H2,1-3H3;1-2H3. The first-order chi connectivity index (χ1) is 16.1. The molecular formula is C26H33F3N2O2S. The zero-order valence-corrected chi connectivity index (χ0v) is 21.2. The molecule has 0 saturated carbocycles. The Morgan fingerprint density at radius 1 is 1.06 bits per heavy atom. The van der Waals surface area contributed by atoms with Crippen LogP contribution in [-0.4, -0.2) is 26.6 Å². The van der Waals surface area contributed by atoms with E-state index < -0.39 is 11.9 Å². The van der Waals surface area contributed by atoms with Gasteiger partial charge in [0.1, 0.15) is 10.8 Å². The maximum absolute atomic E-state index is 13.0. The largest absolute Gasteiger partial charge is 0.512 e. The molecule has 1 heterocycles. The smallest absolute Gasteiger partial charge is 0.434 e. The molecule has 0 amide bonds. The van der Waals surface area contributed by atoms with Gasteiger partial charge in [-0.15, -0.1) is 11.8 Å². The number of thioether (sulfide) groups is 1. The number of ketones is 1. The van der Waals surface area contributed by atoms with Gasteiger partial charge in [0.15, 0.2) is 11.5 Å². The van der Waals surface area contributed by atoms with Gasteiger partial charge in [-0.3, -0.25) is 4.79 Å². The Morgan fingerprint density at radius 2 is 1.68 bits per heavy atom. The van der Waals surface area contributed by atoms with Crippen molar-refractivity contribution < 1.29 is 23.1 Å². The highest BCUT2D eigenvalue weighted by molar-refractivity contribution is 7.99. The minimum absolute atomic E-state index is 0.0123. The minimum atomic E-state index is -4.51. The first-order valence-corrected chi connectivity index (χ1v) is 12.7. The van der Waals surface area contributed by atoms with Gasteiger partial charge in [0, 0.05) is 12.8 Å². The van der Waals surface area contributed by atoms with Crippen LogP contribution in [0.3, 0.4) is 0 Å². The fourth-order valence-corrected chi connectivity index (χ4v) is 5.06. The van der Waals surface area contributed by atoms with Crippen LogP contribution in [0.2, 0.25) is 0 Å². The number of carbonyl (C=O) groups is 1. The zero-order chi connectivity index (χ0) is 25.5. The van der Waals surface area contributed by atoms with Gasteiger partial charge in [0.05, 0.1) is 18.0 Å². The average Bonchev–Trinajstić information content (AvgIpc) is 2.80. The van der Waals surface area contributed by atoms with Crippen LogP contribution in [0.4, 0.5) is 13.2 Å². The Bertz CT molecular complexity index is 993. The van der Waals surface area contributed by atoms with E-state index >= 15 is 0 Å². The molecule has 1 N–H and O–H groups in total. The van der Waals surface area contributed by atoms with Crippen LogP contribution >= 0.6 is 11.8 Å². The van der Waals surface area contributed by atoms with Crippen LogP contribution in [0.25, 0.3) is 5.57 Å². The van der Waals surface area contributed by atoms with E-state index in [1.54, 1.807) is 0 Å². The van der Waals surface area contributed by atoms with E-state index in [1.807, 2.05) is 34.6 Å². The van der Waals surface area contributed by atoms with Gasteiger partial charge in [-0.2, -0.15) is 13.2 Å². The van der Waals surface area contributed by atoms with Gasteiger partial charge in [0.25, 0.3) is 0 Å². The Balaban J connectivity index is 0.00000199. The molecule has 0 radical (unpaired) electrons. The van der Waals surface area contributed by atoms with E-state index in [0.717, 1.165) is 47.5 Å². The summed E-state index contributed by atoms with van der Waals surface area (Å²) in [4.78, 5) is 20.3. The molecule has 0 fully saturated rings. The molecule has 1 atom stereocenters. The van der Waals surface area contributed by atoms with Crippen molar-refractivity contribution in [3.05, 3.63) is 58.2 Å². The number of aliphatic hydroxyl groups excluding tert-OH is 1. The summed E-state index contributed by atoms with van der Waals surface area (Å²) < 4.78 is 37.8. The van der Waals surface area contributed by atoms with E-state index in [-0.39, 0.29) is 17.5 Å². The van der Waals surface area contributed by atoms with E-state index in [2.05, 4.69) is 22.1 Å². The molecular weight excluding hydrogens is 461 g/mol. The summed E-state index contributed by atoms with van der Waals surface area (Å²) in [7, 11) is 0. The lowest BCUT2D eigenvalue weighted by Gasteiger charge is -2.26. The quantitative estimate of drug-likeness (QED) is 0.407. The van der Waals surface area contributed by atoms with Crippen molar-refractivity contribution in [1.82, 2.24) is 9.97 Å². The first-order valence-electron chi connectivity index (χ1n) is 11.7. The zero-order valence-electron chi connectivity index (χ0n) is 20.4. The molecule has 186 valence electrons. The second-order valence-electron chi connectivity index (χ2n) is 8.06. The van der Waals surface area contributed by atoms with E-state index in [1.165, 1.54) is 11.8 Å². The summed E-state index contributed by atoms with van der Waals surface area (Å²) >= 11 is 1.30. The van der Waals surface area contributed by atoms with E-state index in [0.29, 0.717) is 35.6 Å². The van der Waals surface area contributed by atoms with E-state index in [9.17, 15) is 23.1 Å². The van der Waals surface area contributed by atoms with Gasteiger partial charge in [-0.25, -0.2) is 9.97 Å². The molecule has 1 aromatic carbocycles. The highest BCUT2D eigenvalue weighted by Gasteiger charge is 2.33. The van der Waals surface area contributed by atoms with Crippen molar-refractivity contribution in [2.45, 2.75) is 77.9 Å². The molecule has 1 unspecified atom stereocenters. The SMILES string of the molecule is CC.CCc1cc(C)cc(CC)c1C1=C(O)CC(CCSc2cnc(C(F)(F)F)cn2)CC1=O. The van der Waals surface area contributed by atoms with Crippen LogP contribution in [0.1, 0.15) is 74.9 Å². The predicted octanol–water partition coefficient (Wildman–Crippen LogP) is 7.39. The van der Waals surface area contributed by atoms with Crippen molar-refractivity contribution in [2.24, 2.45) is 5.92 Å². The van der Waals surface area contributed by atoms with Crippen LogP contribution in [0, 0.1) is 12.8 Å². The second kappa shape index (κ2) is 12.4. The molecule has 0 aliphatic heterocycles. The molecule has 2 aromatic rings. The summed E-state index contributed by atoms with van der Waals surface area (Å²) in [5.74, 6) is 0.651. The minimum Gasteiger partial charge on any atom is -0.512 e. The summed E-state index contributed by atoms with van der Waals surface area (Å²) in [6, 6.07) is 4.16. The van der Waals surface area contributed by atoms with Crippen molar-refractivity contribution >= 4 is 23.1 Å². The van der Waals surface area contributed by atoms with Crippen molar-refractivity contribution in [2.75, 3.05) is 5.75 Å². The molecule has 0 spiro atoms. The van der Waals surface area contributed by atoms with Crippen molar-refractivity contribution in [3.8, 4) is 0 Å². The maximum atomic E-state index is 13.0. The van der Waals surface area contributed by atoms with Gasteiger partial charge in [-0.1, -0.05) is 45.4 Å². The highest BCUT2D eigenvalue weighted by Crippen LogP contribution is 2.38. The van der Waals surface area contributed by atoms with Crippen molar-refractivity contribution in [3.63, 3.8) is 0 Å². The summed E-state index contributed by atoms with van der Waals surface area (Å²) in [5.41, 5.74) is 3.62. The summed E-state index contributed by atoms with van der Waals surface area (Å²) in [5, 5.41) is 11.2. The van der Waals surface area contributed by atoms with Crippen LogP contribution in [0.5, 0.6) is 0 Å². The van der Waals surface area contributed by atoms with Gasteiger partial charge < -0.3 is 5.11 Å². The number of aryl methyl sites for hydroxylation is 3. The third kappa shape index (κ3) is 6.84. The number of Topliss-reactive ketones (excluding diaryl/α,β-unsaturated/α-hetero) is 1. The molecule has 1 aliphatic carbocycles. The first kappa shape index (κ1) is 27.9. The van der Waals surface area contributed by atoms with Crippen LogP contribution in [0.15, 0.2) is 35.3 Å². The lowest BCUT2D eigenvalue weighted by atomic mass is 9.79. The Morgan fingerprint density at radius 3 is 2.15 bits per heavy atom. The normalized spacial score (nSPS) is 16.4. The number of benzene rings is 1. The Kier molecular flexibility index (Phi) is 10.2. The number of alkyl halides is 3. The monoisotopic (exact) mass is 494 g/mol. The Hall–Kier alpha value is -2.35. The average molecular weight is 495 g/mol. The van der Waals surface area contributed by atoms with Crippen LogP contribution in [-0.2, 0) is 23.8 Å². The molecule has 34 heavy (non-hydrogen) atoms.